The number of halogens is 1. The van der Waals surface area contributed by atoms with Crippen molar-refractivity contribution in [1.29, 1.82) is 0 Å². The number of rotatable bonds is 5. The maximum atomic E-state index is 13.8. The van der Waals surface area contributed by atoms with Crippen molar-refractivity contribution in [2.45, 2.75) is 51.2 Å². The number of nitrogens with zero attached hydrogens (tertiary/aromatic N) is 5. The fourth-order valence-corrected chi connectivity index (χ4v) is 5.67. The van der Waals surface area contributed by atoms with Crippen molar-refractivity contribution in [3.63, 3.8) is 0 Å². The molecule has 3 heterocycles. The molecule has 0 spiro atoms. The van der Waals surface area contributed by atoms with E-state index in [2.05, 4.69) is 21.6 Å². The second-order valence-electron chi connectivity index (χ2n) is 8.99. The third-order valence-electron chi connectivity index (χ3n) is 6.97. The second-order valence-corrected chi connectivity index (χ2v) is 9.43. The van der Waals surface area contributed by atoms with Gasteiger partial charge in [0.1, 0.15) is 5.82 Å². The van der Waals surface area contributed by atoms with Gasteiger partial charge in [-0.25, -0.2) is 9.98 Å². The number of carbonyl (C=O) groups is 1. The molecule has 1 amide bonds. The average Bonchev–Trinajstić information content (AvgIpc) is 3.49. The molecule has 0 N–H and O–H groups in total. The van der Waals surface area contributed by atoms with Gasteiger partial charge in [0, 0.05) is 24.5 Å². The molecule has 33 heavy (non-hydrogen) atoms. The highest BCUT2D eigenvalue weighted by molar-refractivity contribution is 6.30. The molecule has 2 aromatic carbocycles. The number of imidazole rings is 1. The minimum absolute atomic E-state index is 0.0173. The van der Waals surface area contributed by atoms with Gasteiger partial charge in [-0.1, -0.05) is 54.1 Å². The minimum atomic E-state index is -0.0173. The highest BCUT2D eigenvalue weighted by Crippen LogP contribution is 2.41. The highest BCUT2D eigenvalue weighted by atomic mass is 35.5. The van der Waals surface area contributed by atoms with E-state index in [9.17, 15) is 4.79 Å². The van der Waals surface area contributed by atoms with Crippen LogP contribution in [0.1, 0.15) is 53.6 Å². The number of hydrogen-bond acceptors (Lipinski definition) is 4. The van der Waals surface area contributed by atoms with Crippen LogP contribution < -0.4 is 4.90 Å². The molecule has 0 saturated heterocycles. The fraction of sp³-hybridized carbons (Fsp3) is 0.346. The molecule has 0 bridgehead atoms. The molecular weight excluding hydrogens is 434 g/mol. The van der Waals surface area contributed by atoms with Crippen LogP contribution in [-0.4, -0.2) is 44.9 Å². The molecule has 3 aromatic rings. The predicted octanol–water partition coefficient (Wildman–Crippen LogP) is 4.75. The molecule has 168 valence electrons. The minimum Gasteiger partial charge on any atom is -0.317 e. The molecule has 7 heteroatoms. The van der Waals surface area contributed by atoms with E-state index in [1.54, 1.807) is 0 Å². The molecule has 3 aliphatic rings. The number of carbonyl (C=O) groups excluding carboxylic acids is 1. The Balaban J connectivity index is 1.51. The summed E-state index contributed by atoms with van der Waals surface area (Å²) < 4.78 is 2.10. The maximum absolute atomic E-state index is 13.8. The summed E-state index contributed by atoms with van der Waals surface area (Å²) in [7, 11) is 0. The first-order valence-corrected chi connectivity index (χ1v) is 12.1. The first kappa shape index (κ1) is 20.5. The Hall–Kier alpha value is -3.12. The van der Waals surface area contributed by atoms with Gasteiger partial charge in [-0.15, -0.1) is 0 Å². The standard InChI is InChI=1S/C26H26ClN5O/c1-2-30-25(33)23-24(32-21-13-7-12-20(21)28-26(30)32)29-22(15-17-8-4-3-5-9-17)31(23)16-18-10-6-11-19(27)14-18/h3-6,8-11,14,20-21H,2,7,12-13,15-16H2,1H3/t20-,21+/m1/s1. The van der Waals surface area contributed by atoms with Crippen molar-refractivity contribution in [2.24, 2.45) is 4.99 Å². The van der Waals surface area contributed by atoms with Gasteiger partial charge in [0.05, 0.1) is 12.1 Å². The topological polar surface area (TPSA) is 53.7 Å². The Morgan fingerprint density at radius 3 is 2.67 bits per heavy atom. The number of benzene rings is 2. The largest absolute Gasteiger partial charge is 0.317 e. The van der Waals surface area contributed by atoms with Gasteiger partial charge in [0.25, 0.3) is 5.91 Å². The van der Waals surface area contributed by atoms with Crippen LogP contribution in [0, 0.1) is 0 Å². The predicted molar refractivity (Wildman–Crippen MR) is 130 cm³/mol. The fourth-order valence-electron chi connectivity index (χ4n) is 5.45. The van der Waals surface area contributed by atoms with Gasteiger partial charge in [-0.2, -0.15) is 0 Å². The lowest BCUT2D eigenvalue weighted by molar-refractivity contribution is 0.0835. The smallest absolute Gasteiger partial charge is 0.281 e. The molecule has 2 aliphatic heterocycles. The molecule has 6 nitrogen and oxygen atoms in total. The molecule has 2 atom stereocenters. The zero-order valence-corrected chi connectivity index (χ0v) is 19.4. The van der Waals surface area contributed by atoms with Crippen LogP contribution in [0.3, 0.4) is 0 Å². The van der Waals surface area contributed by atoms with Crippen molar-refractivity contribution in [3.8, 4) is 0 Å². The van der Waals surface area contributed by atoms with E-state index < -0.39 is 0 Å². The maximum Gasteiger partial charge on any atom is 0.281 e. The van der Waals surface area contributed by atoms with Gasteiger partial charge in [-0.05, 0) is 49.4 Å². The highest BCUT2D eigenvalue weighted by Gasteiger charge is 2.49. The van der Waals surface area contributed by atoms with Crippen LogP contribution in [0.5, 0.6) is 0 Å². The van der Waals surface area contributed by atoms with Crippen LogP contribution in [0.2, 0.25) is 5.02 Å². The summed E-state index contributed by atoms with van der Waals surface area (Å²) in [4.78, 5) is 27.9. The van der Waals surface area contributed by atoms with E-state index in [0.717, 1.165) is 42.4 Å². The normalized spacial score (nSPS) is 21.2. The molecule has 1 saturated carbocycles. The van der Waals surface area contributed by atoms with Crippen LogP contribution in [0.15, 0.2) is 59.6 Å². The van der Waals surface area contributed by atoms with E-state index in [1.165, 1.54) is 5.56 Å². The van der Waals surface area contributed by atoms with Gasteiger partial charge in [0.15, 0.2) is 11.5 Å². The van der Waals surface area contributed by atoms with Crippen molar-refractivity contribution >= 4 is 29.3 Å². The number of anilines is 1. The van der Waals surface area contributed by atoms with E-state index in [4.69, 9.17) is 21.6 Å². The Kier molecular flexibility index (Phi) is 4.98. The Morgan fingerprint density at radius 2 is 1.88 bits per heavy atom. The van der Waals surface area contributed by atoms with Gasteiger partial charge >= 0.3 is 0 Å². The third kappa shape index (κ3) is 3.35. The first-order valence-electron chi connectivity index (χ1n) is 11.7. The number of fused-ring (bicyclic) bond motifs is 5. The molecular formula is C26H26ClN5O. The van der Waals surface area contributed by atoms with Crippen molar-refractivity contribution < 1.29 is 4.79 Å². The van der Waals surface area contributed by atoms with Crippen molar-refractivity contribution in [2.75, 3.05) is 11.4 Å². The molecule has 1 aliphatic carbocycles. The SMILES string of the molecule is CCN1C(=O)c2c(nc(Cc3ccccc3)n2Cc2cccc(Cl)c2)N2C1=N[C@@H]1CCC[C@@H]12. The number of guanidine groups is 1. The summed E-state index contributed by atoms with van der Waals surface area (Å²) in [5.41, 5.74) is 2.88. The number of amides is 1. The van der Waals surface area contributed by atoms with Gasteiger partial charge in [-0.3, -0.25) is 14.6 Å². The Bertz CT molecular complexity index is 1250. The lowest BCUT2D eigenvalue weighted by Gasteiger charge is -2.35. The van der Waals surface area contributed by atoms with Gasteiger partial charge < -0.3 is 4.57 Å². The van der Waals surface area contributed by atoms with E-state index in [-0.39, 0.29) is 11.9 Å². The van der Waals surface area contributed by atoms with Crippen LogP contribution in [-0.2, 0) is 13.0 Å². The summed E-state index contributed by atoms with van der Waals surface area (Å²) >= 11 is 6.28. The summed E-state index contributed by atoms with van der Waals surface area (Å²) in [5.74, 6) is 2.42. The Morgan fingerprint density at radius 1 is 1.06 bits per heavy atom. The quantitative estimate of drug-likeness (QED) is 0.553. The van der Waals surface area contributed by atoms with Crippen LogP contribution in [0.25, 0.3) is 0 Å². The zero-order valence-electron chi connectivity index (χ0n) is 18.6. The lowest BCUT2D eigenvalue weighted by Crippen LogP contribution is -2.53. The molecule has 0 radical (unpaired) electrons. The molecule has 1 fully saturated rings. The van der Waals surface area contributed by atoms with Crippen LogP contribution >= 0.6 is 11.6 Å². The van der Waals surface area contributed by atoms with Crippen molar-refractivity contribution in [3.05, 3.63) is 82.3 Å². The summed E-state index contributed by atoms with van der Waals surface area (Å²) in [6.45, 7) is 3.15. The molecule has 6 rings (SSSR count). The number of aliphatic imine (C=N–C) groups is 1. The lowest BCUT2D eigenvalue weighted by atomic mass is 10.1. The van der Waals surface area contributed by atoms with Gasteiger partial charge in [0.2, 0.25) is 5.96 Å². The summed E-state index contributed by atoms with van der Waals surface area (Å²) in [6, 6.07) is 18.7. The second kappa shape index (κ2) is 8.03. The summed E-state index contributed by atoms with van der Waals surface area (Å²) in [5, 5.41) is 0.690. The number of aromatic nitrogens is 2. The first-order chi connectivity index (χ1) is 16.1. The Labute approximate surface area is 198 Å². The van der Waals surface area contributed by atoms with E-state index in [0.29, 0.717) is 36.3 Å². The monoisotopic (exact) mass is 459 g/mol. The van der Waals surface area contributed by atoms with E-state index >= 15 is 0 Å². The number of hydrogen-bond donors (Lipinski definition) is 0. The van der Waals surface area contributed by atoms with E-state index in [1.807, 2.05) is 54.3 Å². The molecule has 0 unspecified atom stereocenters. The molecule has 1 aromatic heterocycles. The third-order valence-corrected chi connectivity index (χ3v) is 7.20. The average molecular weight is 460 g/mol. The van der Waals surface area contributed by atoms with Crippen LogP contribution in [0.4, 0.5) is 5.82 Å². The van der Waals surface area contributed by atoms with Crippen molar-refractivity contribution in [1.82, 2.24) is 14.5 Å². The summed E-state index contributed by atoms with van der Waals surface area (Å²) in [6.07, 6.45) is 3.98. The zero-order chi connectivity index (χ0) is 22.5.